The highest BCUT2D eigenvalue weighted by Gasteiger charge is 2.30. The zero-order valence-electron chi connectivity index (χ0n) is 13.9. The number of esters is 1. The summed E-state index contributed by atoms with van der Waals surface area (Å²) < 4.78 is 43.2. The van der Waals surface area contributed by atoms with Crippen LogP contribution < -0.4 is 10.6 Å². The van der Waals surface area contributed by atoms with Gasteiger partial charge in [-0.05, 0) is 37.3 Å². The van der Waals surface area contributed by atoms with Crippen molar-refractivity contribution >= 4 is 23.3 Å². The smallest absolute Gasteiger partial charge is 0.416 e. The van der Waals surface area contributed by atoms with Gasteiger partial charge in [0.2, 0.25) is 0 Å². The minimum atomic E-state index is -4.46. The van der Waals surface area contributed by atoms with Crippen molar-refractivity contribution in [2.24, 2.45) is 0 Å². The number of nitrogens with one attached hydrogen (secondary N) is 2. The molecule has 0 bridgehead atoms. The first-order valence-corrected chi connectivity index (χ1v) is 7.78. The van der Waals surface area contributed by atoms with Crippen molar-refractivity contribution in [2.75, 3.05) is 18.5 Å². The number of rotatable bonds is 6. The second-order valence-corrected chi connectivity index (χ2v) is 5.24. The van der Waals surface area contributed by atoms with Gasteiger partial charge in [0.15, 0.2) is 0 Å². The molecular weight excluding hydrogens is 349 g/mol. The van der Waals surface area contributed by atoms with E-state index in [0.29, 0.717) is 5.69 Å². The van der Waals surface area contributed by atoms with Crippen LogP contribution in [0.15, 0.2) is 48.5 Å². The number of carbonyl (C=O) groups is 2. The van der Waals surface area contributed by atoms with Gasteiger partial charge in [-0.25, -0.2) is 0 Å². The molecule has 138 valence electrons. The SMILES string of the molecule is CCOC(=O)CNC(=O)c1ccccc1Nc1cccc(C(F)(F)F)c1. The highest BCUT2D eigenvalue weighted by molar-refractivity contribution is 6.01. The van der Waals surface area contributed by atoms with Crippen LogP contribution >= 0.6 is 0 Å². The molecule has 0 fully saturated rings. The fourth-order valence-corrected chi connectivity index (χ4v) is 2.18. The molecule has 2 N–H and O–H groups in total. The summed E-state index contributed by atoms with van der Waals surface area (Å²) in [5, 5.41) is 5.21. The lowest BCUT2D eigenvalue weighted by molar-refractivity contribution is -0.142. The molecule has 0 aliphatic rings. The van der Waals surface area contributed by atoms with E-state index in [-0.39, 0.29) is 24.4 Å². The Balaban J connectivity index is 2.16. The van der Waals surface area contributed by atoms with E-state index < -0.39 is 23.6 Å². The molecule has 0 aromatic heterocycles. The van der Waals surface area contributed by atoms with E-state index in [9.17, 15) is 22.8 Å². The second kappa shape index (κ2) is 8.37. The number of carbonyl (C=O) groups excluding carboxylic acids is 2. The summed E-state index contributed by atoms with van der Waals surface area (Å²) in [4.78, 5) is 23.6. The molecule has 2 aromatic rings. The van der Waals surface area contributed by atoms with Gasteiger partial charge in [-0.15, -0.1) is 0 Å². The molecule has 0 aliphatic heterocycles. The highest BCUT2D eigenvalue weighted by Crippen LogP contribution is 2.31. The van der Waals surface area contributed by atoms with E-state index in [1.807, 2.05) is 0 Å². The third-order valence-electron chi connectivity index (χ3n) is 3.34. The topological polar surface area (TPSA) is 67.4 Å². The zero-order chi connectivity index (χ0) is 19.2. The molecule has 0 saturated heterocycles. The van der Waals surface area contributed by atoms with Gasteiger partial charge in [0.1, 0.15) is 6.54 Å². The Kier molecular flexibility index (Phi) is 6.21. The number of anilines is 2. The van der Waals surface area contributed by atoms with Crippen LogP contribution in [0.5, 0.6) is 0 Å². The Morgan fingerprint density at radius 3 is 2.50 bits per heavy atom. The minimum absolute atomic E-state index is 0.186. The van der Waals surface area contributed by atoms with Crippen LogP contribution in [0.2, 0.25) is 0 Å². The first-order valence-electron chi connectivity index (χ1n) is 7.78. The van der Waals surface area contributed by atoms with Crippen LogP contribution in [0.25, 0.3) is 0 Å². The maximum atomic E-state index is 12.8. The van der Waals surface area contributed by atoms with Crippen LogP contribution in [0, 0.1) is 0 Å². The molecule has 8 heteroatoms. The molecule has 1 amide bonds. The summed E-state index contributed by atoms with van der Waals surface area (Å²) in [5.41, 5.74) is -0.111. The number of para-hydroxylation sites is 1. The summed E-state index contributed by atoms with van der Waals surface area (Å²) in [6.07, 6.45) is -4.46. The van der Waals surface area contributed by atoms with Crippen LogP contribution in [0.3, 0.4) is 0 Å². The van der Waals surface area contributed by atoms with Gasteiger partial charge >= 0.3 is 12.1 Å². The van der Waals surface area contributed by atoms with Gasteiger partial charge in [-0.2, -0.15) is 13.2 Å². The lowest BCUT2D eigenvalue weighted by Crippen LogP contribution is -2.31. The van der Waals surface area contributed by atoms with E-state index >= 15 is 0 Å². The minimum Gasteiger partial charge on any atom is -0.465 e. The van der Waals surface area contributed by atoms with E-state index in [2.05, 4.69) is 10.6 Å². The van der Waals surface area contributed by atoms with Crippen LogP contribution in [-0.2, 0) is 15.7 Å². The molecule has 2 rings (SSSR count). The van der Waals surface area contributed by atoms with Crippen molar-refractivity contribution in [3.05, 3.63) is 59.7 Å². The van der Waals surface area contributed by atoms with Crippen molar-refractivity contribution in [1.82, 2.24) is 5.32 Å². The molecule has 0 heterocycles. The molecule has 2 aromatic carbocycles. The van der Waals surface area contributed by atoms with Gasteiger partial charge in [0.05, 0.1) is 23.4 Å². The van der Waals surface area contributed by atoms with Crippen molar-refractivity contribution in [2.45, 2.75) is 13.1 Å². The number of alkyl halides is 3. The van der Waals surface area contributed by atoms with Gasteiger partial charge in [-0.1, -0.05) is 18.2 Å². The van der Waals surface area contributed by atoms with Crippen molar-refractivity contribution in [1.29, 1.82) is 0 Å². The van der Waals surface area contributed by atoms with Crippen molar-refractivity contribution in [3.8, 4) is 0 Å². The van der Waals surface area contributed by atoms with Gasteiger partial charge < -0.3 is 15.4 Å². The van der Waals surface area contributed by atoms with Gasteiger partial charge in [-0.3, -0.25) is 9.59 Å². The van der Waals surface area contributed by atoms with E-state index in [1.165, 1.54) is 18.2 Å². The van der Waals surface area contributed by atoms with Crippen LogP contribution in [0.1, 0.15) is 22.8 Å². The summed E-state index contributed by atoms with van der Waals surface area (Å²) >= 11 is 0. The van der Waals surface area contributed by atoms with E-state index in [4.69, 9.17) is 4.74 Å². The van der Waals surface area contributed by atoms with Crippen molar-refractivity contribution < 1.29 is 27.5 Å². The summed E-state index contributed by atoms with van der Waals surface area (Å²) in [7, 11) is 0. The lowest BCUT2D eigenvalue weighted by atomic mass is 10.1. The standard InChI is InChI=1S/C18H17F3N2O3/c1-2-26-16(24)11-22-17(25)14-8-3-4-9-15(14)23-13-7-5-6-12(10-13)18(19,20)21/h3-10,23H,2,11H2,1H3,(H,22,25). The third kappa shape index (κ3) is 5.23. The molecular formula is C18H17F3N2O3. The predicted octanol–water partition coefficient (Wildman–Crippen LogP) is 3.74. The summed E-state index contributed by atoms with van der Waals surface area (Å²) in [5.74, 6) is -1.13. The molecule has 0 unspecified atom stereocenters. The Bertz CT molecular complexity index is 791. The number of ether oxygens (including phenoxy) is 1. The molecule has 5 nitrogen and oxygen atoms in total. The fourth-order valence-electron chi connectivity index (χ4n) is 2.18. The quantitative estimate of drug-likeness (QED) is 0.765. The van der Waals surface area contributed by atoms with Crippen molar-refractivity contribution in [3.63, 3.8) is 0 Å². The summed E-state index contributed by atoms with van der Waals surface area (Å²) in [6, 6.07) is 10.9. The molecule has 0 atom stereocenters. The maximum absolute atomic E-state index is 12.8. The Morgan fingerprint density at radius 1 is 1.08 bits per heavy atom. The zero-order valence-corrected chi connectivity index (χ0v) is 13.9. The average molecular weight is 366 g/mol. The van der Waals surface area contributed by atoms with Gasteiger partial charge in [0.25, 0.3) is 5.91 Å². The van der Waals surface area contributed by atoms with E-state index in [1.54, 1.807) is 25.1 Å². The average Bonchev–Trinajstić information content (AvgIpc) is 2.60. The number of benzene rings is 2. The summed E-state index contributed by atoms with van der Waals surface area (Å²) in [6.45, 7) is 1.54. The monoisotopic (exact) mass is 366 g/mol. The second-order valence-electron chi connectivity index (χ2n) is 5.24. The Hall–Kier alpha value is -3.03. The number of hydrogen-bond donors (Lipinski definition) is 2. The van der Waals surface area contributed by atoms with Crippen LogP contribution in [0.4, 0.5) is 24.5 Å². The van der Waals surface area contributed by atoms with Crippen LogP contribution in [-0.4, -0.2) is 25.0 Å². The molecule has 0 spiro atoms. The number of hydrogen-bond acceptors (Lipinski definition) is 4. The van der Waals surface area contributed by atoms with E-state index in [0.717, 1.165) is 12.1 Å². The Morgan fingerprint density at radius 2 is 1.81 bits per heavy atom. The fraction of sp³-hybridized carbons (Fsp3) is 0.222. The molecule has 0 radical (unpaired) electrons. The molecule has 0 saturated carbocycles. The third-order valence-corrected chi connectivity index (χ3v) is 3.34. The largest absolute Gasteiger partial charge is 0.465 e. The molecule has 0 aliphatic carbocycles. The highest BCUT2D eigenvalue weighted by atomic mass is 19.4. The predicted molar refractivity (Wildman–Crippen MR) is 90.1 cm³/mol. The van der Waals surface area contributed by atoms with Gasteiger partial charge in [0, 0.05) is 5.69 Å². The lowest BCUT2D eigenvalue weighted by Gasteiger charge is -2.14. The number of amides is 1. The number of halogens is 3. The normalized spacial score (nSPS) is 10.9. The first kappa shape index (κ1) is 19.3. The Labute approximate surface area is 148 Å². The maximum Gasteiger partial charge on any atom is 0.416 e. The molecule has 26 heavy (non-hydrogen) atoms. The first-order chi connectivity index (χ1) is 12.3.